The Morgan fingerprint density at radius 2 is 1.96 bits per heavy atom. The zero-order valence-corrected chi connectivity index (χ0v) is 13.7. The lowest BCUT2D eigenvalue weighted by Gasteiger charge is -2.26. The first-order chi connectivity index (χ1) is 12.0. The number of hydrogen-bond donors (Lipinski definition) is 0. The molecule has 0 atom stereocenters. The quantitative estimate of drug-likeness (QED) is 0.803. The molecular formula is C19H16N2O4. The number of carbonyl (C=O) groups is 3. The molecule has 0 spiro atoms. The average molecular weight is 336 g/mol. The summed E-state index contributed by atoms with van der Waals surface area (Å²) in [4.78, 5) is 39.8. The van der Waals surface area contributed by atoms with Crippen molar-refractivity contribution in [2.24, 2.45) is 0 Å². The molecule has 2 amide bonds. The number of likely N-dealkylation sites (N-methyl/N-ethyl adjacent to an activating group) is 1. The molecule has 0 aromatic heterocycles. The number of amides is 2. The van der Waals surface area contributed by atoms with Crippen molar-refractivity contribution in [1.82, 2.24) is 4.90 Å². The molecule has 6 nitrogen and oxygen atoms in total. The number of rotatable bonds is 3. The smallest absolute Gasteiger partial charge is 0.264 e. The van der Waals surface area contributed by atoms with Gasteiger partial charge < -0.3 is 14.5 Å². The first-order valence-electron chi connectivity index (χ1n) is 7.98. The van der Waals surface area contributed by atoms with E-state index in [1.54, 1.807) is 31.3 Å². The SMILES string of the molecule is CN1C(=O)COc2ccc(C(=O)CN3Cc4ccccc4C3=O)cc21. The van der Waals surface area contributed by atoms with Gasteiger partial charge in [0.2, 0.25) is 0 Å². The second-order valence-electron chi connectivity index (χ2n) is 6.17. The predicted molar refractivity (Wildman–Crippen MR) is 90.9 cm³/mol. The van der Waals surface area contributed by atoms with Gasteiger partial charge in [-0.1, -0.05) is 18.2 Å². The van der Waals surface area contributed by atoms with E-state index in [1.165, 1.54) is 9.80 Å². The summed E-state index contributed by atoms with van der Waals surface area (Å²) in [5.41, 5.74) is 2.61. The lowest BCUT2D eigenvalue weighted by Crippen LogP contribution is -2.35. The van der Waals surface area contributed by atoms with Crippen LogP contribution in [0, 0.1) is 0 Å². The van der Waals surface area contributed by atoms with Crippen molar-refractivity contribution < 1.29 is 19.1 Å². The molecule has 0 N–H and O–H groups in total. The third kappa shape index (κ3) is 2.55. The molecular weight excluding hydrogens is 320 g/mol. The Bertz CT molecular complexity index is 906. The lowest BCUT2D eigenvalue weighted by molar-refractivity contribution is -0.120. The predicted octanol–water partition coefficient (Wildman–Crippen LogP) is 1.88. The second kappa shape index (κ2) is 5.73. The second-order valence-corrected chi connectivity index (χ2v) is 6.17. The molecule has 2 heterocycles. The third-order valence-corrected chi connectivity index (χ3v) is 4.60. The minimum Gasteiger partial charge on any atom is -0.482 e. The van der Waals surface area contributed by atoms with Gasteiger partial charge in [-0.2, -0.15) is 0 Å². The van der Waals surface area contributed by atoms with Crippen LogP contribution in [-0.4, -0.2) is 42.7 Å². The van der Waals surface area contributed by atoms with E-state index in [0.29, 0.717) is 29.1 Å². The topological polar surface area (TPSA) is 66.9 Å². The monoisotopic (exact) mass is 336 g/mol. The zero-order chi connectivity index (χ0) is 17.6. The molecule has 2 aromatic carbocycles. The van der Waals surface area contributed by atoms with E-state index < -0.39 is 0 Å². The molecule has 0 aliphatic carbocycles. The van der Waals surface area contributed by atoms with Gasteiger partial charge in [0.25, 0.3) is 11.8 Å². The van der Waals surface area contributed by atoms with Crippen molar-refractivity contribution >= 4 is 23.3 Å². The summed E-state index contributed by atoms with van der Waals surface area (Å²) in [5.74, 6) is 0.110. The van der Waals surface area contributed by atoms with E-state index in [-0.39, 0.29) is 30.7 Å². The van der Waals surface area contributed by atoms with Crippen LogP contribution in [0.4, 0.5) is 5.69 Å². The first kappa shape index (κ1) is 15.4. The molecule has 0 bridgehead atoms. The van der Waals surface area contributed by atoms with Crippen molar-refractivity contribution in [3.8, 4) is 5.75 Å². The van der Waals surface area contributed by atoms with Gasteiger partial charge in [0.1, 0.15) is 5.75 Å². The summed E-state index contributed by atoms with van der Waals surface area (Å²) >= 11 is 0. The highest BCUT2D eigenvalue weighted by molar-refractivity contribution is 6.05. The number of benzene rings is 2. The van der Waals surface area contributed by atoms with Crippen LogP contribution in [0.3, 0.4) is 0 Å². The van der Waals surface area contributed by atoms with Crippen LogP contribution in [0.1, 0.15) is 26.3 Å². The van der Waals surface area contributed by atoms with Gasteiger partial charge >= 0.3 is 0 Å². The summed E-state index contributed by atoms with van der Waals surface area (Å²) in [6, 6.07) is 12.4. The van der Waals surface area contributed by atoms with Gasteiger partial charge in [0, 0.05) is 24.7 Å². The Balaban J connectivity index is 1.55. The summed E-state index contributed by atoms with van der Waals surface area (Å²) < 4.78 is 5.37. The third-order valence-electron chi connectivity index (χ3n) is 4.60. The van der Waals surface area contributed by atoms with Crippen LogP contribution < -0.4 is 9.64 Å². The van der Waals surface area contributed by atoms with Crippen molar-refractivity contribution in [2.45, 2.75) is 6.54 Å². The highest BCUT2D eigenvalue weighted by Crippen LogP contribution is 2.32. The Morgan fingerprint density at radius 3 is 2.76 bits per heavy atom. The van der Waals surface area contributed by atoms with Crippen LogP contribution >= 0.6 is 0 Å². The van der Waals surface area contributed by atoms with Gasteiger partial charge in [-0.05, 0) is 29.8 Å². The molecule has 0 fully saturated rings. The fraction of sp³-hybridized carbons (Fsp3) is 0.211. The molecule has 6 heteroatoms. The highest BCUT2D eigenvalue weighted by atomic mass is 16.5. The van der Waals surface area contributed by atoms with E-state index in [9.17, 15) is 14.4 Å². The van der Waals surface area contributed by atoms with Gasteiger partial charge in [-0.25, -0.2) is 0 Å². The van der Waals surface area contributed by atoms with Crippen molar-refractivity contribution in [3.63, 3.8) is 0 Å². The molecule has 2 aromatic rings. The summed E-state index contributed by atoms with van der Waals surface area (Å²) in [6.07, 6.45) is 0. The minimum atomic E-state index is -0.171. The zero-order valence-electron chi connectivity index (χ0n) is 13.7. The minimum absolute atomic E-state index is 0.00265. The van der Waals surface area contributed by atoms with Crippen molar-refractivity contribution in [1.29, 1.82) is 0 Å². The Hall–Kier alpha value is -3.15. The number of anilines is 1. The van der Waals surface area contributed by atoms with E-state index in [0.717, 1.165) is 5.56 Å². The number of ether oxygens (including phenoxy) is 1. The fourth-order valence-electron chi connectivity index (χ4n) is 3.15. The Morgan fingerprint density at radius 1 is 1.16 bits per heavy atom. The van der Waals surface area contributed by atoms with Crippen LogP contribution in [0.5, 0.6) is 5.75 Å². The Labute approximate surface area is 144 Å². The Kier molecular flexibility index (Phi) is 3.53. The maximum absolute atomic E-state index is 12.6. The molecule has 0 radical (unpaired) electrons. The molecule has 0 saturated heterocycles. The first-order valence-corrected chi connectivity index (χ1v) is 7.98. The van der Waals surface area contributed by atoms with E-state index in [1.807, 2.05) is 18.2 Å². The maximum Gasteiger partial charge on any atom is 0.264 e. The largest absolute Gasteiger partial charge is 0.482 e. The van der Waals surface area contributed by atoms with Crippen LogP contribution in [0.2, 0.25) is 0 Å². The van der Waals surface area contributed by atoms with Gasteiger partial charge in [0.15, 0.2) is 12.4 Å². The standard InChI is InChI=1S/C19H16N2O4/c1-20-15-8-12(6-7-17(15)25-11-18(20)23)16(22)10-21-9-13-4-2-3-5-14(13)19(21)24/h2-8H,9-11H2,1H3. The molecule has 4 rings (SSSR count). The number of fused-ring (bicyclic) bond motifs is 2. The molecule has 25 heavy (non-hydrogen) atoms. The summed E-state index contributed by atoms with van der Waals surface area (Å²) in [5, 5.41) is 0. The highest BCUT2D eigenvalue weighted by Gasteiger charge is 2.29. The number of hydrogen-bond acceptors (Lipinski definition) is 4. The number of nitrogens with zero attached hydrogens (tertiary/aromatic N) is 2. The fourth-order valence-corrected chi connectivity index (χ4v) is 3.15. The van der Waals surface area contributed by atoms with Crippen LogP contribution in [-0.2, 0) is 11.3 Å². The van der Waals surface area contributed by atoms with Gasteiger partial charge in [0.05, 0.1) is 12.2 Å². The summed E-state index contributed by atoms with van der Waals surface area (Å²) in [6.45, 7) is 0.440. The van der Waals surface area contributed by atoms with E-state index >= 15 is 0 Å². The molecule has 0 unspecified atom stereocenters. The van der Waals surface area contributed by atoms with Gasteiger partial charge in [-0.3, -0.25) is 14.4 Å². The normalized spacial score (nSPS) is 15.7. The van der Waals surface area contributed by atoms with E-state index in [4.69, 9.17) is 4.74 Å². The lowest BCUT2D eigenvalue weighted by atomic mass is 10.1. The molecule has 2 aliphatic rings. The van der Waals surface area contributed by atoms with Crippen molar-refractivity contribution in [2.75, 3.05) is 25.1 Å². The van der Waals surface area contributed by atoms with Crippen LogP contribution in [0.25, 0.3) is 0 Å². The van der Waals surface area contributed by atoms with E-state index in [2.05, 4.69) is 0 Å². The molecule has 126 valence electrons. The number of carbonyl (C=O) groups excluding carboxylic acids is 3. The average Bonchev–Trinajstić information content (AvgIpc) is 2.94. The van der Waals surface area contributed by atoms with Gasteiger partial charge in [-0.15, -0.1) is 0 Å². The molecule has 2 aliphatic heterocycles. The maximum atomic E-state index is 12.6. The number of ketones is 1. The molecule has 0 saturated carbocycles. The van der Waals surface area contributed by atoms with Crippen molar-refractivity contribution in [3.05, 3.63) is 59.2 Å². The summed E-state index contributed by atoms with van der Waals surface area (Å²) in [7, 11) is 1.65. The number of Topliss-reactive ketones (excluding diaryl/α,β-unsaturated/α-hetero) is 1. The van der Waals surface area contributed by atoms with Crippen LogP contribution in [0.15, 0.2) is 42.5 Å².